The maximum atomic E-state index is 13.3. The lowest BCUT2D eigenvalue weighted by molar-refractivity contribution is -0.139. The first-order valence-corrected chi connectivity index (χ1v) is 10.5. The Bertz CT molecular complexity index is 1020. The van der Waals surface area contributed by atoms with Crippen molar-refractivity contribution in [3.05, 3.63) is 64.1 Å². The van der Waals surface area contributed by atoms with Gasteiger partial charge in [0.1, 0.15) is 11.4 Å². The maximum Gasteiger partial charge on any atom is 0.234 e. The van der Waals surface area contributed by atoms with Crippen molar-refractivity contribution < 1.29 is 18.7 Å². The van der Waals surface area contributed by atoms with Gasteiger partial charge in [-0.05, 0) is 48.2 Å². The highest BCUT2D eigenvalue weighted by atomic mass is 32.1. The molecule has 4 heterocycles. The average Bonchev–Trinajstić information content (AvgIpc) is 3.44. The average molecular weight is 412 g/mol. The Morgan fingerprint density at radius 3 is 2.79 bits per heavy atom. The summed E-state index contributed by atoms with van der Waals surface area (Å²) in [5.41, 5.74) is 1.000. The number of halogens is 1. The molecule has 29 heavy (non-hydrogen) atoms. The zero-order chi connectivity index (χ0) is 20.3. The van der Waals surface area contributed by atoms with Gasteiger partial charge in [-0.25, -0.2) is 4.39 Å². The highest BCUT2D eigenvalue weighted by Crippen LogP contribution is 2.53. The minimum absolute atomic E-state index is 0.0756. The third kappa shape index (κ3) is 2.75. The van der Waals surface area contributed by atoms with Crippen molar-refractivity contribution in [2.45, 2.75) is 25.2 Å². The summed E-state index contributed by atoms with van der Waals surface area (Å²) in [5, 5.41) is 2.02. The molecule has 5 rings (SSSR count). The number of aryl methyl sites for hydroxylation is 1. The number of carbonyl (C=O) groups excluding carboxylic acids is 2. The van der Waals surface area contributed by atoms with Crippen LogP contribution in [-0.4, -0.2) is 42.0 Å². The number of amides is 2. The molecule has 5 nitrogen and oxygen atoms in total. The molecule has 0 radical (unpaired) electrons. The first-order chi connectivity index (χ1) is 13.9. The number of benzene rings is 1. The number of rotatable bonds is 4. The van der Waals surface area contributed by atoms with Crippen LogP contribution in [0.4, 0.5) is 10.1 Å². The minimum atomic E-state index is -0.782. The van der Waals surface area contributed by atoms with Gasteiger partial charge in [0.05, 0.1) is 31.0 Å². The van der Waals surface area contributed by atoms with Crippen molar-refractivity contribution in [1.82, 2.24) is 4.90 Å². The normalized spacial score (nSPS) is 29.6. The van der Waals surface area contributed by atoms with Gasteiger partial charge in [-0.2, -0.15) is 0 Å². The van der Waals surface area contributed by atoms with Crippen LogP contribution in [0.2, 0.25) is 0 Å². The predicted molar refractivity (Wildman–Crippen MR) is 108 cm³/mol. The molecule has 0 aliphatic carbocycles. The Morgan fingerprint density at radius 1 is 1.34 bits per heavy atom. The highest BCUT2D eigenvalue weighted by Gasteiger charge is 2.67. The lowest BCUT2D eigenvalue weighted by Gasteiger charge is -2.27. The highest BCUT2D eigenvalue weighted by molar-refractivity contribution is 7.10. The van der Waals surface area contributed by atoms with Gasteiger partial charge in [0.15, 0.2) is 0 Å². The quantitative estimate of drug-likeness (QED) is 0.725. The maximum absolute atomic E-state index is 13.3. The minimum Gasteiger partial charge on any atom is -0.360 e. The summed E-state index contributed by atoms with van der Waals surface area (Å²) < 4.78 is 19.5. The van der Waals surface area contributed by atoms with E-state index in [4.69, 9.17) is 4.74 Å². The fourth-order valence-corrected chi connectivity index (χ4v) is 5.69. The molecule has 0 unspecified atom stereocenters. The van der Waals surface area contributed by atoms with Crippen LogP contribution in [-0.2, 0) is 20.9 Å². The van der Waals surface area contributed by atoms with E-state index >= 15 is 0 Å². The zero-order valence-electron chi connectivity index (χ0n) is 16.2. The number of anilines is 1. The summed E-state index contributed by atoms with van der Waals surface area (Å²) in [7, 11) is 1.78. The third-order valence-corrected chi connectivity index (χ3v) is 7.26. The van der Waals surface area contributed by atoms with Crippen LogP contribution in [0.3, 0.4) is 0 Å². The molecule has 1 aromatic heterocycles. The van der Waals surface area contributed by atoms with Crippen molar-refractivity contribution in [2.75, 3.05) is 18.5 Å². The van der Waals surface area contributed by atoms with Gasteiger partial charge in [-0.3, -0.25) is 9.59 Å². The van der Waals surface area contributed by atoms with Crippen molar-refractivity contribution in [1.29, 1.82) is 0 Å². The molecule has 7 heteroatoms. The summed E-state index contributed by atoms with van der Waals surface area (Å²) >= 11 is 1.63. The van der Waals surface area contributed by atoms with Crippen LogP contribution in [0.25, 0.3) is 0 Å². The monoisotopic (exact) mass is 412 g/mol. The number of hydrogen-bond donors (Lipinski definition) is 0. The number of ether oxygens (including phenoxy) is 1. The molecule has 1 spiro atoms. The van der Waals surface area contributed by atoms with Gasteiger partial charge in [0.2, 0.25) is 11.8 Å². The van der Waals surface area contributed by atoms with Crippen LogP contribution in [0.5, 0.6) is 0 Å². The first-order valence-electron chi connectivity index (χ1n) is 9.62. The number of fused-ring (bicyclic) bond motifs is 1. The Labute approximate surface area is 172 Å². The standard InChI is InChI=1S/C22H21FN2O3S/c1-13-8-10-29-17(13)11-24(2)20(26)18-16-7-9-22(28-16)12-25(21(27)19(18)22)15-5-3-14(23)4-6-15/h3-10,16,18-19H,11-12H2,1-2H3/t16-,18-,19+,22-/m0/s1. The molecular weight excluding hydrogens is 391 g/mol. The predicted octanol–water partition coefficient (Wildman–Crippen LogP) is 3.14. The smallest absolute Gasteiger partial charge is 0.234 e. The van der Waals surface area contributed by atoms with Crippen molar-refractivity contribution in [3.8, 4) is 0 Å². The summed E-state index contributed by atoms with van der Waals surface area (Å²) in [5.74, 6) is -1.66. The lowest BCUT2D eigenvalue weighted by Crippen LogP contribution is -2.44. The van der Waals surface area contributed by atoms with Gasteiger partial charge >= 0.3 is 0 Å². The molecule has 1 aromatic carbocycles. The lowest BCUT2D eigenvalue weighted by atomic mass is 9.76. The zero-order valence-corrected chi connectivity index (χ0v) is 17.0. The summed E-state index contributed by atoms with van der Waals surface area (Å²) in [4.78, 5) is 31.1. The molecule has 2 amide bonds. The Morgan fingerprint density at radius 2 is 2.10 bits per heavy atom. The first kappa shape index (κ1) is 18.5. The third-order valence-electron chi connectivity index (χ3n) is 6.25. The van der Waals surface area contributed by atoms with E-state index in [1.165, 1.54) is 12.1 Å². The van der Waals surface area contributed by atoms with E-state index in [0.29, 0.717) is 18.8 Å². The van der Waals surface area contributed by atoms with Crippen LogP contribution in [0.15, 0.2) is 47.9 Å². The van der Waals surface area contributed by atoms with E-state index in [1.54, 1.807) is 40.3 Å². The Kier molecular flexibility index (Phi) is 4.15. The van der Waals surface area contributed by atoms with Crippen LogP contribution < -0.4 is 4.90 Å². The van der Waals surface area contributed by atoms with Gasteiger partial charge in [-0.1, -0.05) is 12.2 Å². The van der Waals surface area contributed by atoms with E-state index in [2.05, 4.69) is 0 Å². The van der Waals surface area contributed by atoms with Gasteiger partial charge in [0, 0.05) is 17.6 Å². The topological polar surface area (TPSA) is 49.9 Å². The molecule has 3 aliphatic rings. The second kappa shape index (κ2) is 6.50. The molecule has 2 fully saturated rings. The fourth-order valence-electron chi connectivity index (χ4n) is 4.73. The Hall–Kier alpha value is -2.51. The molecule has 150 valence electrons. The van der Waals surface area contributed by atoms with E-state index in [9.17, 15) is 14.0 Å². The molecule has 2 bridgehead atoms. The van der Waals surface area contributed by atoms with Crippen molar-refractivity contribution in [2.24, 2.45) is 11.8 Å². The van der Waals surface area contributed by atoms with Gasteiger partial charge in [0.25, 0.3) is 0 Å². The van der Waals surface area contributed by atoms with Gasteiger partial charge < -0.3 is 14.5 Å². The second-order valence-electron chi connectivity index (χ2n) is 8.02. The van der Waals surface area contributed by atoms with Crippen molar-refractivity contribution >= 4 is 28.8 Å². The molecule has 4 atom stereocenters. The van der Waals surface area contributed by atoms with E-state index < -0.39 is 17.4 Å². The van der Waals surface area contributed by atoms with Crippen molar-refractivity contribution in [3.63, 3.8) is 0 Å². The second-order valence-corrected chi connectivity index (χ2v) is 9.02. The number of nitrogens with zero attached hydrogens (tertiary/aromatic N) is 2. The van der Waals surface area contributed by atoms with Crippen LogP contribution in [0, 0.1) is 24.6 Å². The molecular formula is C22H21FN2O3S. The van der Waals surface area contributed by atoms with E-state index in [0.717, 1.165) is 10.4 Å². The molecule has 2 aromatic rings. The summed E-state index contributed by atoms with van der Waals surface area (Å²) in [6.45, 7) is 2.89. The summed E-state index contributed by atoms with van der Waals surface area (Å²) in [6.07, 6.45) is 3.46. The van der Waals surface area contributed by atoms with E-state index in [-0.39, 0.29) is 23.7 Å². The number of thiophene rings is 1. The molecule has 2 saturated heterocycles. The number of carbonyl (C=O) groups is 2. The Balaban J connectivity index is 1.42. The van der Waals surface area contributed by atoms with E-state index in [1.807, 2.05) is 30.5 Å². The molecule has 0 N–H and O–H groups in total. The fraction of sp³-hybridized carbons (Fsp3) is 0.364. The largest absolute Gasteiger partial charge is 0.360 e. The SMILES string of the molecule is Cc1ccsc1CN(C)C(=O)[C@H]1[C@@H]2C=C[C@@]3(CN(c4ccc(F)cc4)C(=O)[C@@H]13)O2. The number of hydrogen-bond acceptors (Lipinski definition) is 4. The molecule has 3 aliphatic heterocycles. The van der Waals surface area contributed by atoms with Gasteiger partial charge in [-0.15, -0.1) is 11.3 Å². The summed E-state index contributed by atoms with van der Waals surface area (Å²) in [6, 6.07) is 7.88. The van der Waals surface area contributed by atoms with Crippen LogP contribution in [0.1, 0.15) is 10.4 Å². The molecule has 0 saturated carbocycles. The van der Waals surface area contributed by atoms with Crippen LogP contribution >= 0.6 is 11.3 Å².